The maximum Gasteiger partial charge on any atom is 0.339 e. The van der Waals surface area contributed by atoms with Gasteiger partial charge >= 0.3 is 5.97 Å². The van der Waals surface area contributed by atoms with Crippen LogP contribution in [0.4, 0.5) is 0 Å². The van der Waals surface area contributed by atoms with Crippen molar-refractivity contribution < 1.29 is 14.6 Å². The van der Waals surface area contributed by atoms with Crippen molar-refractivity contribution in [2.75, 3.05) is 13.7 Å². The topological polar surface area (TPSA) is 95.3 Å². The van der Waals surface area contributed by atoms with Crippen LogP contribution >= 0.6 is 0 Å². The Kier molecular flexibility index (Phi) is 5.28. The van der Waals surface area contributed by atoms with E-state index in [0.29, 0.717) is 24.3 Å². The van der Waals surface area contributed by atoms with Crippen molar-refractivity contribution in [3.63, 3.8) is 0 Å². The van der Waals surface area contributed by atoms with Gasteiger partial charge in [0, 0.05) is 17.0 Å². The summed E-state index contributed by atoms with van der Waals surface area (Å²) in [5, 5.41) is 12.4. The van der Waals surface area contributed by atoms with E-state index in [0.717, 1.165) is 0 Å². The summed E-state index contributed by atoms with van der Waals surface area (Å²) in [5.41, 5.74) is 8.91. The van der Waals surface area contributed by atoms with Crippen molar-refractivity contribution in [1.82, 2.24) is 0 Å². The van der Waals surface area contributed by atoms with Gasteiger partial charge in [0.25, 0.3) is 0 Å². The van der Waals surface area contributed by atoms with E-state index >= 15 is 0 Å². The lowest BCUT2D eigenvalue weighted by Gasteiger charge is -2.07. The molecule has 0 saturated heterocycles. The Morgan fingerprint density at radius 1 is 1.61 bits per heavy atom. The number of ether oxygens (including phenoxy) is 1. The van der Waals surface area contributed by atoms with Crippen LogP contribution in [0, 0.1) is 0 Å². The summed E-state index contributed by atoms with van der Waals surface area (Å²) >= 11 is 0. The fourth-order valence-electron chi connectivity index (χ4n) is 1.47. The van der Waals surface area contributed by atoms with E-state index < -0.39 is 5.97 Å². The van der Waals surface area contributed by atoms with Crippen LogP contribution in [0.3, 0.4) is 0 Å². The van der Waals surface area contributed by atoms with Gasteiger partial charge < -0.3 is 9.84 Å². The van der Waals surface area contributed by atoms with Crippen molar-refractivity contribution in [3.8, 4) is 5.75 Å². The van der Waals surface area contributed by atoms with Crippen molar-refractivity contribution in [2.24, 2.45) is 5.11 Å². The second-order valence-corrected chi connectivity index (χ2v) is 3.38. The van der Waals surface area contributed by atoms with E-state index in [9.17, 15) is 4.79 Å². The van der Waals surface area contributed by atoms with Crippen LogP contribution < -0.4 is 4.74 Å². The summed E-state index contributed by atoms with van der Waals surface area (Å²) < 4.78 is 5.10. The van der Waals surface area contributed by atoms with E-state index in [4.69, 9.17) is 15.4 Å². The van der Waals surface area contributed by atoms with Crippen LogP contribution in [0.25, 0.3) is 16.5 Å². The van der Waals surface area contributed by atoms with Gasteiger partial charge in [0.15, 0.2) is 0 Å². The first kappa shape index (κ1) is 13.6. The third kappa shape index (κ3) is 3.54. The van der Waals surface area contributed by atoms with Crippen molar-refractivity contribution in [3.05, 3.63) is 45.8 Å². The molecule has 0 aliphatic rings. The number of benzene rings is 1. The van der Waals surface area contributed by atoms with Crippen molar-refractivity contribution in [1.29, 1.82) is 0 Å². The summed E-state index contributed by atoms with van der Waals surface area (Å²) in [4.78, 5) is 13.6. The second-order valence-electron chi connectivity index (χ2n) is 3.38. The summed E-state index contributed by atoms with van der Waals surface area (Å²) in [5.74, 6) is -0.707. The highest BCUT2D eigenvalue weighted by Crippen LogP contribution is 2.25. The molecule has 1 aromatic carbocycles. The molecule has 0 amide bonds. The highest BCUT2D eigenvalue weighted by atomic mass is 16.5. The minimum atomic E-state index is -1.03. The normalized spacial score (nSPS) is 10.1. The van der Waals surface area contributed by atoms with E-state index in [2.05, 4.69) is 10.0 Å². The molecule has 18 heavy (non-hydrogen) atoms. The summed E-state index contributed by atoms with van der Waals surface area (Å²) in [6.07, 6.45) is 4.14. The molecule has 0 aliphatic carbocycles. The predicted molar refractivity (Wildman–Crippen MR) is 67.6 cm³/mol. The van der Waals surface area contributed by atoms with Crippen LogP contribution in [0.1, 0.15) is 22.3 Å². The molecule has 0 bridgehead atoms. The number of rotatable bonds is 6. The van der Waals surface area contributed by atoms with Crippen LogP contribution in [0.2, 0.25) is 0 Å². The van der Waals surface area contributed by atoms with Gasteiger partial charge in [-0.05, 0) is 18.0 Å². The summed E-state index contributed by atoms with van der Waals surface area (Å²) in [6.45, 7) is 0.369. The third-order valence-corrected chi connectivity index (χ3v) is 2.24. The Labute approximate surface area is 104 Å². The Balaban J connectivity index is 2.91. The first-order valence-electron chi connectivity index (χ1n) is 5.28. The van der Waals surface area contributed by atoms with Gasteiger partial charge in [0.2, 0.25) is 0 Å². The maximum atomic E-state index is 11.0. The quantitative estimate of drug-likeness (QED) is 0.362. The standard InChI is InChI=1S/C12H13N3O3/c1-18-11-9(5-2-3-8-14-15-13)6-4-7-10(11)12(16)17/h2,4-7H,3,8H2,1H3,(H,16,17). The Morgan fingerprint density at radius 3 is 3.00 bits per heavy atom. The summed E-state index contributed by atoms with van der Waals surface area (Å²) in [6, 6.07) is 4.90. The second kappa shape index (κ2) is 6.98. The van der Waals surface area contributed by atoms with Gasteiger partial charge in [-0.25, -0.2) is 4.79 Å². The molecule has 6 heteroatoms. The summed E-state index contributed by atoms with van der Waals surface area (Å²) in [7, 11) is 1.43. The first-order valence-corrected chi connectivity index (χ1v) is 5.28. The molecule has 1 N–H and O–H groups in total. The largest absolute Gasteiger partial charge is 0.495 e. The van der Waals surface area contributed by atoms with Crippen molar-refractivity contribution >= 4 is 12.0 Å². The molecule has 0 radical (unpaired) electrons. The SMILES string of the molecule is COc1c(C=CCCN=[N+]=[N-])cccc1C(=O)O. The molecule has 1 rings (SSSR count). The Morgan fingerprint density at radius 2 is 2.39 bits per heavy atom. The van der Waals surface area contributed by atoms with E-state index in [-0.39, 0.29) is 5.56 Å². The number of methoxy groups -OCH3 is 1. The molecular weight excluding hydrogens is 234 g/mol. The Hall–Kier alpha value is -2.46. The Bertz CT molecular complexity index is 505. The average Bonchev–Trinajstić information content (AvgIpc) is 2.38. The number of para-hydroxylation sites is 1. The van der Waals surface area contributed by atoms with Gasteiger partial charge in [0.1, 0.15) is 11.3 Å². The molecule has 0 spiro atoms. The number of hydrogen-bond acceptors (Lipinski definition) is 3. The molecule has 0 unspecified atom stereocenters. The van der Waals surface area contributed by atoms with E-state index in [1.54, 1.807) is 24.3 Å². The zero-order valence-corrected chi connectivity index (χ0v) is 9.91. The fourth-order valence-corrected chi connectivity index (χ4v) is 1.47. The zero-order chi connectivity index (χ0) is 13.4. The number of carboxylic acid groups (broad SMARTS) is 1. The monoisotopic (exact) mass is 247 g/mol. The highest BCUT2D eigenvalue weighted by molar-refractivity contribution is 5.92. The number of hydrogen-bond donors (Lipinski definition) is 1. The van der Waals surface area contributed by atoms with Crippen LogP contribution in [0.5, 0.6) is 5.75 Å². The van der Waals surface area contributed by atoms with Crippen molar-refractivity contribution in [2.45, 2.75) is 6.42 Å². The number of carbonyl (C=O) groups is 1. The average molecular weight is 247 g/mol. The predicted octanol–water partition coefficient (Wildman–Crippen LogP) is 3.11. The molecule has 0 heterocycles. The van der Waals surface area contributed by atoms with Crippen LogP contribution in [0.15, 0.2) is 29.4 Å². The molecule has 1 aromatic rings. The third-order valence-electron chi connectivity index (χ3n) is 2.24. The zero-order valence-electron chi connectivity index (χ0n) is 9.91. The van der Waals surface area contributed by atoms with Crippen LogP contribution in [-0.2, 0) is 0 Å². The molecule has 6 nitrogen and oxygen atoms in total. The molecule has 94 valence electrons. The molecule has 0 aliphatic heterocycles. The molecule has 0 aromatic heterocycles. The van der Waals surface area contributed by atoms with Gasteiger partial charge in [-0.1, -0.05) is 29.4 Å². The smallest absolute Gasteiger partial charge is 0.339 e. The molecule has 0 atom stereocenters. The fraction of sp³-hybridized carbons (Fsp3) is 0.250. The minimum Gasteiger partial charge on any atom is -0.495 e. The van der Waals surface area contributed by atoms with Gasteiger partial charge in [-0.3, -0.25) is 0 Å². The maximum absolute atomic E-state index is 11.0. The van der Waals surface area contributed by atoms with Gasteiger partial charge in [-0.15, -0.1) is 0 Å². The lowest BCUT2D eigenvalue weighted by molar-refractivity contribution is 0.0693. The first-order chi connectivity index (χ1) is 8.70. The van der Waals surface area contributed by atoms with Gasteiger partial charge in [0.05, 0.1) is 7.11 Å². The number of aromatic carboxylic acids is 1. The number of nitrogens with zero attached hydrogens (tertiary/aromatic N) is 3. The molecular formula is C12H13N3O3. The minimum absolute atomic E-state index is 0.120. The lowest BCUT2D eigenvalue weighted by Crippen LogP contribution is -2.01. The van der Waals surface area contributed by atoms with Crippen LogP contribution in [-0.4, -0.2) is 24.7 Å². The molecule has 0 saturated carbocycles. The highest BCUT2D eigenvalue weighted by Gasteiger charge is 2.12. The number of azide groups is 1. The van der Waals surface area contributed by atoms with E-state index in [1.807, 2.05) is 0 Å². The number of carboxylic acids is 1. The lowest BCUT2D eigenvalue weighted by atomic mass is 10.1. The molecule has 0 fully saturated rings. The van der Waals surface area contributed by atoms with E-state index in [1.165, 1.54) is 13.2 Å². The van der Waals surface area contributed by atoms with Gasteiger partial charge in [-0.2, -0.15) is 0 Å².